The van der Waals surface area contributed by atoms with Crippen LogP contribution in [0.1, 0.15) is 24.8 Å². The van der Waals surface area contributed by atoms with Crippen molar-refractivity contribution in [3.8, 4) is 5.69 Å². The summed E-state index contributed by atoms with van der Waals surface area (Å²) in [5.74, 6) is 0.237. The molecule has 3 aliphatic carbocycles. The normalized spacial score (nSPS) is 28.3. The van der Waals surface area contributed by atoms with E-state index in [-0.39, 0.29) is 17.0 Å². The van der Waals surface area contributed by atoms with Crippen molar-refractivity contribution in [1.29, 1.82) is 0 Å². The van der Waals surface area contributed by atoms with E-state index in [0.717, 1.165) is 31.5 Å². The second-order valence-corrected chi connectivity index (χ2v) is 7.14. The highest BCUT2D eigenvalue weighted by Crippen LogP contribution is 2.61. The second kappa shape index (κ2) is 4.66. The molecule has 3 saturated carbocycles. The zero-order valence-electron chi connectivity index (χ0n) is 13.2. The van der Waals surface area contributed by atoms with Gasteiger partial charge in [-0.3, -0.25) is 9.47 Å². The third-order valence-corrected chi connectivity index (χ3v) is 5.31. The second-order valence-electron chi connectivity index (χ2n) is 7.14. The van der Waals surface area contributed by atoms with Crippen LogP contribution in [0.4, 0.5) is 5.82 Å². The van der Waals surface area contributed by atoms with Crippen molar-refractivity contribution in [3.63, 3.8) is 0 Å². The van der Waals surface area contributed by atoms with Crippen molar-refractivity contribution in [2.75, 3.05) is 12.8 Å². The standard InChI is InChI=1S/C17H21N5O/c1-21(17-9-16(19,10-17)11-17)8-12-2-4-13(5-3-12)22-7-6-14(18)20-15(22)23/h2-7H,8-11,19H2,1H3,(H2,18,20,23). The molecule has 1 heterocycles. The number of benzene rings is 1. The van der Waals surface area contributed by atoms with Crippen molar-refractivity contribution in [1.82, 2.24) is 14.5 Å². The molecule has 0 spiro atoms. The molecular formula is C17H21N5O. The molecule has 4 N–H and O–H groups in total. The third-order valence-electron chi connectivity index (χ3n) is 5.31. The van der Waals surface area contributed by atoms with Gasteiger partial charge in [0.1, 0.15) is 5.82 Å². The minimum absolute atomic E-state index is 0.126. The van der Waals surface area contributed by atoms with Gasteiger partial charge in [-0.15, -0.1) is 0 Å². The lowest BCUT2D eigenvalue weighted by molar-refractivity contribution is -0.155. The zero-order chi connectivity index (χ0) is 16.2. The molecule has 0 unspecified atom stereocenters. The fourth-order valence-electron chi connectivity index (χ4n) is 4.03. The van der Waals surface area contributed by atoms with Crippen molar-refractivity contribution in [2.45, 2.75) is 36.9 Å². The average molecular weight is 311 g/mol. The van der Waals surface area contributed by atoms with Crippen LogP contribution in [-0.2, 0) is 6.54 Å². The highest BCUT2D eigenvalue weighted by Gasteiger charge is 2.67. The van der Waals surface area contributed by atoms with Gasteiger partial charge in [0, 0.05) is 23.8 Å². The Labute approximate surface area is 134 Å². The lowest BCUT2D eigenvalue weighted by Gasteiger charge is -2.72. The fraction of sp³-hybridized carbons (Fsp3) is 0.412. The van der Waals surface area contributed by atoms with Crippen molar-refractivity contribution < 1.29 is 0 Å². The van der Waals surface area contributed by atoms with Crippen LogP contribution >= 0.6 is 0 Å². The van der Waals surface area contributed by atoms with E-state index in [2.05, 4.69) is 29.1 Å². The Hall–Kier alpha value is -2.18. The molecule has 0 atom stereocenters. The van der Waals surface area contributed by atoms with E-state index in [0.29, 0.717) is 5.54 Å². The lowest BCUT2D eigenvalue weighted by Crippen LogP contribution is -2.81. The van der Waals surface area contributed by atoms with E-state index in [1.165, 1.54) is 10.1 Å². The minimum Gasteiger partial charge on any atom is -0.383 e. The van der Waals surface area contributed by atoms with Crippen LogP contribution in [0.15, 0.2) is 41.3 Å². The first kappa shape index (κ1) is 14.4. The minimum atomic E-state index is -0.364. The summed E-state index contributed by atoms with van der Waals surface area (Å²) in [5, 5.41) is 0. The summed E-state index contributed by atoms with van der Waals surface area (Å²) in [6.45, 7) is 0.894. The number of hydrogen-bond acceptors (Lipinski definition) is 5. The summed E-state index contributed by atoms with van der Waals surface area (Å²) < 4.78 is 1.49. The molecule has 6 heteroatoms. The van der Waals surface area contributed by atoms with Gasteiger partial charge in [-0.2, -0.15) is 4.98 Å². The Balaban J connectivity index is 1.49. The number of nitrogen functional groups attached to an aromatic ring is 1. The monoisotopic (exact) mass is 311 g/mol. The van der Waals surface area contributed by atoms with Crippen LogP contribution in [0.25, 0.3) is 5.69 Å². The molecule has 0 saturated heterocycles. The Kier molecular flexibility index (Phi) is 2.92. The van der Waals surface area contributed by atoms with Crippen molar-refractivity contribution >= 4 is 5.82 Å². The van der Waals surface area contributed by atoms with Crippen LogP contribution in [-0.4, -0.2) is 32.6 Å². The first-order valence-electron chi connectivity index (χ1n) is 7.84. The number of nitrogens with zero attached hydrogens (tertiary/aromatic N) is 3. The molecule has 0 aliphatic heterocycles. The fourth-order valence-corrected chi connectivity index (χ4v) is 4.03. The number of hydrogen-bond donors (Lipinski definition) is 2. The van der Waals surface area contributed by atoms with Crippen LogP contribution in [0, 0.1) is 0 Å². The molecule has 3 aliphatic rings. The first-order valence-corrected chi connectivity index (χ1v) is 7.84. The lowest BCUT2D eigenvalue weighted by atomic mass is 9.44. The van der Waals surface area contributed by atoms with Crippen LogP contribution in [0.2, 0.25) is 0 Å². The summed E-state index contributed by atoms with van der Waals surface area (Å²) in [5.41, 5.74) is 13.8. The average Bonchev–Trinajstić information content (AvgIpc) is 2.44. The Morgan fingerprint density at radius 1 is 1.22 bits per heavy atom. The maximum atomic E-state index is 11.9. The molecule has 0 radical (unpaired) electrons. The molecular weight excluding hydrogens is 290 g/mol. The van der Waals surface area contributed by atoms with E-state index < -0.39 is 0 Å². The SMILES string of the molecule is CN(Cc1ccc(-n2ccc(N)nc2=O)cc1)C12CC(N)(C1)C2. The molecule has 3 fully saturated rings. The van der Waals surface area contributed by atoms with Crippen LogP contribution in [0.3, 0.4) is 0 Å². The van der Waals surface area contributed by atoms with Gasteiger partial charge in [0.05, 0.1) is 5.69 Å². The predicted molar refractivity (Wildman–Crippen MR) is 89.2 cm³/mol. The molecule has 23 heavy (non-hydrogen) atoms. The topological polar surface area (TPSA) is 90.2 Å². The number of rotatable bonds is 4. The Bertz CT molecular complexity index is 791. The Morgan fingerprint density at radius 3 is 2.43 bits per heavy atom. The predicted octanol–water partition coefficient (Wildman–Crippen LogP) is 0.880. The van der Waals surface area contributed by atoms with E-state index in [1.54, 1.807) is 12.3 Å². The van der Waals surface area contributed by atoms with Crippen LogP contribution in [0.5, 0.6) is 0 Å². The third kappa shape index (κ3) is 2.26. The largest absolute Gasteiger partial charge is 0.383 e. The van der Waals surface area contributed by atoms with Gasteiger partial charge >= 0.3 is 5.69 Å². The summed E-state index contributed by atoms with van der Waals surface area (Å²) >= 11 is 0. The molecule has 1 aromatic heterocycles. The first-order chi connectivity index (χ1) is 10.9. The maximum absolute atomic E-state index is 11.9. The van der Waals surface area contributed by atoms with Gasteiger partial charge in [0.15, 0.2) is 0 Å². The number of aromatic nitrogens is 2. The Morgan fingerprint density at radius 2 is 1.87 bits per heavy atom. The molecule has 0 amide bonds. The van der Waals surface area contributed by atoms with Gasteiger partial charge in [0.2, 0.25) is 0 Å². The summed E-state index contributed by atoms with van der Waals surface area (Å²) in [4.78, 5) is 18.0. The van der Waals surface area contributed by atoms with E-state index in [9.17, 15) is 4.79 Å². The van der Waals surface area contributed by atoms with Crippen molar-refractivity contribution in [3.05, 3.63) is 52.6 Å². The zero-order valence-corrected chi connectivity index (χ0v) is 13.2. The maximum Gasteiger partial charge on any atom is 0.354 e. The van der Waals surface area contributed by atoms with Crippen LogP contribution < -0.4 is 17.2 Å². The van der Waals surface area contributed by atoms with E-state index in [1.807, 2.05) is 12.1 Å². The van der Waals surface area contributed by atoms with Gasteiger partial charge in [-0.1, -0.05) is 12.1 Å². The summed E-state index contributed by atoms with van der Waals surface area (Å²) in [6, 6.07) is 9.61. The quantitative estimate of drug-likeness (QED) is 0.875. The molecule has 6 nitrogen and oxygen atoms in total. The number of nitrogens with two attached hydrogens (primary N) is 2. The van der Waals surface area contributed by atoms with Gasteiger partial charge < -0.3 is 11.5 Å². The van der Waals surface area contributed by atoms with E-state index >= 15 is 0 Å². The van der Waals surface area contributed by atoms with Gasteiger partial charge in [-0.25, -0.2) is 4.79 Å². The highest BCUT2D eigenvalue weighted by atomic mass is 16.1. The smallest absolute Gasteiger partial charge is 0.354 e. The van der Waals surface area contributed by atoms with Crippen molar-refractivity contribution in [2.24, 2.45) is 5.73 Å². The molecule has 2 aromatic rings. The molecule has 2 bridgehead atoms. The molecule has 5 rings (SSSR count). The van der Waals surface area contributed by atoms with Gasteiger partial charge in [-0.05, 0) is 50.1 Å². The highest BCUT2D eigenvalue weighted by molar-refractivity contribution is 5.37. The van der Waals surface area contributed by atoms with Gasteiger partial charge in [0.25, 0.3) is 0 Å². The van der Waals surface area contributed by atoms with E-state index in [4.69, 9.17) is 11.5 Å². The number of anilines is 1. The summed E-state index contributed by atoms with van der Waals surface area (Å²) in [7, 11) is 2.17. The molecule has 120 valence electrons. The summed E-state index contributed by atoms with van der Waals surface area (Å²) in [6.07, 6.45) is 4.98. The molecule has 1 aromatic carbocycles.